The SMILES string of the molecule is Cc1cccc(NC2=C(Sc3ccccc3)C(=O)N(c3ccc(Oc4ccccc4)cc3)C2=O)c1C. The Hall–Kier alpha value is -4.29. The molecule has 0 unspecified atom stereocenters. The average Bonchev–Trinajstić information content (AvgIpc) is 3.12. The third-order valence-electron chi connectivity index (χ3n) is 5.94. The number of thioether (sulfide) groups is 1. The van der Waals surface area contributed by atoms with E-state index >= 15 is 0 Å². The van der Waals surface area contributed by atoms with Crippen LogP contribution in [0.2, 0.25) is 0 Å². The number of anilines is 2. The summed E-state index contributed by atoms with van der Waals surface area (Å²) in [6.07, 6.45) is 0. The van der Waals surface area contributed by atoms with Gasteiger partial charge in [-0.3, -0.25) is 9.59 Å². The van der Waals surface area contributed by atoms with Gasteiger partial charge >= 0.3 is 0 Å². The number of benzene rings is 4. The maximum absolute atomic E-state index is 13.6. The quantitative estimate of drug-likeness (QED) is 0.279. The van der Waals surface area contributed by atoms with Gasteiger partial charge in [-0.05, 0) is 79.6 Å². The van der Waals surface area contributed by atoms with Crippen molar-refractivity contribution in [1.82, 2.24) is 0 Å². The molecule has 0 atom stereocenters. The van der Waals surface area contributed by atoms with Crippen molar-refractivity contribution >= 4 is 35.0 Å². The highest BCUT2D eigenvalue weighted by molar-refractivity contribution is 8.04. The predicted octanol–water partition coefficient (Wildman–Crippen LogP) is 7.08. The molecule has 0 fully saturated rings. The van der Waals surface area contributed by atoms with E-state index in [9.17, 15) is 9.59 Å². The van der Waals surface area contributed by atoms with Crippen LogP contribution in [0.4, 0.5) is 11.4 Å². The molecule has 1 aliphatic rings. The molecule has 36 heavy (non-hydrogen) atoms. The molecule has 0 spiro atoms. The van der Waals surface area contributed by atoms with Gasteiger partial charge < -0.3 is 10.1 Å². The molecular formula is C30H24N2O3S. The Morgan fingerprint density at radius 3 is 2.03 bits per heavy atom. The van der Waals surface area contributed by atoms with Crippen LogP contribution in [0, 0.1) is 13.8 Å². The summed E-state index contributed by atoms with van der Waals surface area (Å²) in [4.78, 5) is 29.7. The lowest BCUT2D eigenvalue weighted by atomic mass is 10.1. The first-order chi connectivity index (χ1) is 17.5. The first-order valence-corrected chi connectivity index (χ1v) is 12.3. The van der Waals surface area contributed by atoms with Crippen molar-refractivity contribution in [2.24, 2.45) is 0 Å². The van der Waals surface area contributed by atoms with Gasteiger partial charge in [0.2, 0.25) is 0 Å². The van der Waals surface area contributed by atoms with Crippen molar-refractivity contribution in [3.63, 3.8) is 0 Å². The Bertz CT molecular complexity index is 1450. The molecule has 2 amide bonds. The van der Waals surface area contributed by atoms with Crippen LogP contribution < -0.4 is 15.0 Å². The van der Waals surface area contributed by atoms with Crippen LogP contribution in [0.1, 0.15) is 11.1 Å². The van der Waals surface area contributed by atoms with Gasteiger partial charge in [0.15, 0.2) is 0 Å². The maximum atomic E-state index is 13.6. The molecule has 1 heterocycles. The summed E-state index contributed by atoms with van der Waals surface area (Å²) < 4.78 is 5.86. The molecule has 5 rings (SSSR count). The molecule has 4 aromatic rings. The molecular weight excluding hydrogens is 468 g/mol. The number of para-hydroxylation sites is 1. The topological polar surface area (TPSA) is 58.6 Å². The number of amides is 2. The lowest BCUT2D eigenvalue weighted by Gasteiger charge is -2.16. The van der Waals surface area contributed by atoms with E-state index < -0.39 is 5.91 Å². The number of hydrogen-bond acceptors (Lipinski definition) is 5. The first kappa shape index (κ1) is 23.5. The molecule has 0 saturated carbocycles. The highest BCUT2D eigenvalue weighted by atomic mass is 32.2. The van der Waals surface area contributed by atoms with Gasteiger partial charge in [0.1, 0.15) is 22.1 Å². The number of nitrogens with one attached hydrogen (secondary N) is 1. The number of rotatable bonds is 7. The third kappa shape index (κ3) is 4.76. The first-order valence-electron chi connectivity index (χ1n) is 11.5. The number of nitrogens with zero attached hydrogens (tertiary/aromatic N) is 1. The lowest BCUT2D eigenvalue weighted by molar-refractivity contribution is -0.120. The van der Waals surface area contributed by atoms with Crippen LogP contribution in [0.3, 0.4) is 0 Å². The Morgan fingerprint density at radius 1 is 0.694 bits per heavy atom. The Labute approximate surface area is 214 Å². The summed E-state index contributed by atoms with van der Waals surface area (Å²) in [6, 6.07) is 31.8. The fourth-order valence-corrected chi connectivity index (χ4v) is 4.81. The molecule has 4 aromatic carbocycles. The van der Waals surface area contributed by atoms with Crippen LogP contribution in [0.5, 0.6) is 11.5 Å². The zero-order valence-corrected chi connectivity index (χ0v) is 20.7. The molecule has 0 radical (unpaired) electrons. The van der Waals surface area contributed by atoms with Crippen molar-refractivity contribution in [2.75, 3.05) is 10.2 Å². The summed E-state index contributed by atoms with van der Waals surface area (Å²) in [7, 11) is 0. The fraction of sp³-hybridized carbons (Fsp3) is 0.0667. The number of imide groups is 1. The molecule has 0 aromatic heterocycles. The molecule has 0 saturated heterocycles. The van der Waals surface area contributed by atoms with Gasteiger partial charge in [-0.2, -0.15) is 0 Å². The normalized spacial score (nSPS) is 13.3. The van der Waals surface area contributed by atoms with Crippen LogP contribution >= 0.6 is 11.8 Å². The van der Waals surface area contributed by atoms with Crippen LogP contribution in [0.15, 0.2) is 119 Å². The molecule has 178 valence electrons. The second-order valence-electron chi connectivity index (χ2n) is 8.35. The lowest BCUT2D eigenvalue weighted by Crippen LogP contribution is -2.32. The van der Waals surface area contributed by atoms with E-state index in [2.05, 4.69) is 5.32 Å². The Kier molecular flexibility index (Phi) is 6.60. The number of carbonyl (C=O) groups excluding carboxylic acids is 2. The average molecular weight is 493 g/mol. The molecule has 0 aliphatic carbocycles. The Morgan fingerprint density at radius 2 is 1.33 bits per heavy atom. The zero-order valence-electron chi connectivity index (χ0n) is 19.9. The highest BCUT2D eigenvalue weighted by Gasteiger charge is 2.40. The van der Waals surface area contributed by atoms with E-state index in [1.807, 2.05) is 92.7 Å². The molecule has 1 aliphatic heterocycles. The summed E-state index contributed by atoms with van der Waals surface area (Å²) in [6.45, 7) is 4.01. The fourth-order valence-electron chi connectivity index (χ4n) is 3.86. The zero-order chi connectivity index (χ0) is 25.1. The minimum absolute atomic E-state index is 0.271. The molecule has 1 N–H and O–H groups in total. The summed E-state index contributed by atoms with van der Waals surface area (Å²) in [5.74, 6) is 0.570. The van der Waals surface area contributed by atoms with Crippen molar-refractivity contribution in [1.29, 1.82) is 0 Å². The van der Waals surface area contributed by atoms with E-state index in [1.54, 1.807) is 24.3 Å². The van der Waals surface area contributed by atoms with E-state index in [0.29, 0.717) is 22.1 Å². The van der Waals surface area contributed by atoms with Crippen molar-refractivity contribution in [3.8, 4) is 11.5 Å². The van der Waals surface area contributed by atoms with Gasteiger partial charge in [0.25, 0.3) is 11.8 Å². The smallest absolute Gasteiger partial charge is 0.283 e. The summed E-state index contributed by atoms with van der Waals surface area (Å²) >= 11 is 1.28. The van der Waals surface area contributed by atoms with Crippen molar-refractivity contribution < 1.29 is 14.3 Å². The molecule has 0 bridgehead atoms. The second kappa shape index (κ2) is 10.1. The van der Waals surface area contributed by atoms with Crippen LogP contribution in [0.25, 0.3) is 0 Å². The highest BCUT2D eigenvalue weighted by Crippen LogP contribution is 2.38. The third-order valence-corrected chi connectivity index (χ3v) is 7.03. The molecule has 5 nitrogen and oxygen atoms in total. The maximum Gasteiger partial charge on any atom is 0.283 e. The number of aryl methyl sites for hydroxylation is 1. The van der Waals surface area contributed by atoms with Crippen LogP contribution in [-0.4, -0.2) is 11.8 Å². The van der Waals surface area contributed by atoms with Gasteiger partial charge in [-0.25, -0.2) is 4.90 Å². The second-order valence-corrected chi connectivity index (χ2v) is 9.43. The van der Waals surface area contributed by atoms with Crippen molar-refractivity contribution in [3.05, 3.63) is 125 Å². The van der Waals surface area contributed by atoms with Crippen LogP contribution in [-0.2, 0) is 9.59 Å². The monoisotopic (exact) mass is 492 g/mol. The largest absolute Gasteiger partial charge is 0.457 e. The van der Waals surface area contributed by atoms with Gasteiger partial charge in [0.05, 0.1) is 5.69 Å². The minimum Gasteiger partial charge on any atom is -0.457 e. The van der Waals surface area contributed by atoms with Crippen molar-refractivity contribution in [2.45, 2.75) is 18.7 Å². The van der Waals surface area contributed by atoms with Gasteiger partial charge in [-0.1, -0.05) is 60.3 Å². The summed E-state index contributed by atoms with van der Waals surface area (Å²) in [5.41, 5.74) is 3.67. The van der Waals surface area contributed by atoms with E-state index in [0.717, 1.165) is 21.7 Å². The Balaban J connectivity index is 1.46. The number of ether oxygens (including phenoxy) is 1. The molecule has 6 heteroatoms. The van der Waals surface area contributed by atoms with Gasteiger partial charge in [0, 0.05) is 10.6 Å². The van der Waals surface area contributed by atoms with E-state index in [-0.39, 0.29) is 11.6 Å². The standard InChI is InChI=1S/C30H24N2O3S/c1-20-10-9-15-26(21(20)2)31-27-28(36-25-13-7-4-8-14-25)30(34)32(29(27)33)22-16-18-24(19-17-22)35-23-11-5-3-6-12-23/h3-19,31H,1-2H3. The summed E-state index contributed by atoms with van der Waals surface area (Å²) in [5, 5.41) is 3.27. The predicted molar refractivity (Wildman–Crippen MR) is 144 cm³/mol. The van der Waals surface area contributed by atoms with E-state index in [4.69, 9.17) is 4.74 Å². The van der Waals surface area contributed by atoms with E-state index in [1.165, 1.54) is 16.7 Å². The van der Waals surface area contributed by atoms with Gasteiger partial charge in [-0.15, -0.1) is 0 Å². The number of hydrogen-bond donors (Lipinski definition) is 1. The number of carbonyl (C=O) groups is 2. The minimum atomic E-state index is -0.393.